The molecule has 2 N–H and O–H groups in total. The predicted molar refractivity (Wildman–Crippen MR) is 120 cm³/mol. The van der Waals surface area contributed by atoms with E-state index in [4.69, 9.17) is 4.74 Å². The summed E-state index contributed by atoms with van der Waals surface area (Å²) >= 11 is 1.42. The Bertz CT molecular complexity index is 800. The summed E-state index contributed by atoms with van der Waals surface area (Å²) in [4.78, 5) is 27.8. The van der Waals surface area contributed by atoms with Crippen molar-refractivity contribution in [2.45, 2.75) is 32.9 Å². The molecule has 0 saturated carbocycles. The van der Waals surface area contributed by atoms with Crippen LogP contribution in [0.15, 0.2) is 41.8 Å². The summed E-state index contributed by atoms with van der Waals surface area (Å²) in [6.07, 6.45) is 1.04. The average molecular weight is 430 g/mol. The third-order valence-corrected chi connectivity index (χ3v) is 6.09. The number of nitrogens with zero attached hydrogens (tertiary/aromatic N) is 1. The molecule has 1 aromatic carbocycles. The largest absolute Gasteiger partial charge is 0.379 e. The van der Waals surface area contributed by atoms with Gasteiger partial charge in [-0.15, -0.1) is 11.3 Å². The lowest BCUT2D eigenvalue weighted by Gasteiger charge is -2.35. The molecule has 7 heteroatoms. The van der Waals surface area contributed by atoms with Gasteiger partial charge in [0.1, 0.15) is 0 Å². The number of amides is 2. The molecular formula is C23H31N3O3S. The Morgan fingerprint density at radius 1 is 1.07 bits per heavy atom. The van der Waals surface area contributed by atoms with Crippen molar-refractivity contribution >= 4 is 23.2 Å². The van der Waals surface area contributed by atoms with Crippen molar-refractivity contribution in [3.63, 3.8) is 0 Å². The Balaban J connectivity index is 1.49. The lowest BCUT2D eigenvalue weighted by atomic mass is 10.0. The Morgan fingerprint density at radius 3 is 2.43 bits per heavy atom. The molecule has 30 heavy (non-hydrogen) atoms. The maximum Gasteiger partial charge on any atom is 0.261 e. The summed E-state index contributed by atoms with van der Waals surface area (Å²) < 4.78 is 5.46. The maximum absolute atomic E-state index is 12.6. The highest BCUT2D eigenvalue weighted by atomic mass is 32.1. The topological polar surface area (TPSA) is 70.7 Å². The second-order valence-electron chi connectivity index (χ2n) is 8.00. The fourth-order valence-electron chi connectivity index (χ4n) is 3.61. The molecule has 162 valence electrons. The van der Waals surface area contributed by atoms with Crippen LogP contribution in [-0.4, -0.2) is 55.6 Å². The van der Waals surface area contributed by atoms with Gasteiger partial charge in [-0.3, -0.25) is 14.5 Å². The SMILES string of the molecule is CC(C)CC(CNC(=O)c1ccc(CNC(=O)c2cccs2)cc1)N1CCOCC1. The quantitative estimate of drug-likeness (QED) is 0.642. The summed E-state index contributed by atoms with van der Waals surface area (Å²) in [5.41, 5.74) is 1.59. The van der Waals surface area contributed by atoms with Crippen molar-refractivity contribution in [2.24, 2.45) is 5.92 Å². The molecule has 0 bridgehead atoms. The molecular weight excluding hydrogens is 398 g/mol. The Hall–Kier alpha value is -2.22. The van der Waals surface area contributed by atoms with Gasteiger partial charge in [-0.2, -0.15) is 0 Å². The van der Waals surface area contributed by atoms with Gasteiger partial charge in [-0.25, -0.2) is 0 Å². The van der Waals surface area contributed by atoms with E-state index in [0.29, 0.717) is 35.5 Å². The number of hydrogen-bond donors (Lipinski definition) is 2. The molecule has 6 nitrogen and oxygen atoms in total. The van der Waals surface area contributed by atoms with Gasteiger partial charge in [0, 0.05) is 37.8 Å². The van der Waals surface area contributed by atoms with E-state index >= 15 is 0 Å². The van der Waals surface area contributed by atoms with Crippen LogP contribution in [0.4, 0.5) is 0 Å². The van der Waals surface area contributed by atoms with E-state index < -0.39 is 0 Å². The number of nitrogens with one attached hydrogen (secondary N) is 2. The highest BCUT2D eigenvalue weighted by Gasteiger charge is 2.22. The van der Waals surface area contributed by atoms with Gasteiger partial charge in [0.05, 0.1) is 18.1 Å². The minimum Gasteiger partial charge on any atom is -0.379 e. The normalized spacial score (nSPS) is 15.7. The van der Waals surface area contributed by atoms with Crippen LogP contribution in [0.25, 0.3) is 0 Å². The zero-order valence-electron chi connectivity index (χ0n) is 17.7. The molecule has 2 heterocycles. The van der Waals surface area contributed by atoms with E-state index in [0.717, 1.165) is 38.3 Å². The third-order valence-electron chi connectivity index (χ3n) is 5.22. The van der Waals surface area contributed by atoms with Gasteiger partial charge in [-0.05, 0) is 41.5 Å². The van der Waals surface area contributed by atoms with E-state index in [1.54, 1.807) is 6.07 Å². The molecule has 1 aromatic heterocycles. The van der Waals surface area contributed by atoms with E-state index in [9.17, 15) is 9.59 Å². The molecule has 1 saturated heterocycles. The van der Waals surface area contributed by atoms with Gasteiger partial charge in [0.15, 0.2) is 0 Å². The monoisotopic (exact) mass is 429 g/mol. The van der Waals surface area contributed by atoms with Gasteiger partial charge in [-0.1, -0.05) is 32.0 Å². The van der Waals surface area contributed by atoms with Crippen LogP contribution in [0.1, 0.15) is 45.9 Å². The van der Waals surface area contributed by atoms with Crippen LogP contribution < -0.4 is 10.6 Å². The van der Waals surface area contributed by atoms with Crippen molar-refractivity contribution in [3.05, 3.63) is 57.8 Å². The van der Waals surface area contributed by atoms with Crippen molar-refractivity contribution in [1.29, 1.82) is 0 Å². The molecule has 1 aliphatic rings. The van der Waals surface area contributed by atoms with Gasteiger partial charge >= 0.3 is 0 Å². The first-order chi connectivity index (χ1) is 14.5. The Morgan fingerprint density at radius 2 is 1.80 bits per heavy atom. The number of rotatable bonds is 9. The van der Waals surface area contributed by atoms with Gasteiger partial charge in [0.2, 0.25) is 0 Å². The number of carbonyl (C=O) groups excluding carboxylic acids is 2. The highest BCUT2D eigenvalue weighted by molar-refractivity contribution is 7.12. The van der Waals surface area contributed by atoms with Crippen LogP contribution in [-0.2, 0) is 11.3 Å². The molecule has 0 radical (unpaired) electrons. The minimum atomic E-state index is -0.0777. The fraction of sp³-hybridized carbons (Fsp3) is 0.478. The zero-order chi connectivity index (χ0) is 21.3. The lowest BCUT2D eigenvalue weighted by molar-refractivity contribution is 0.0124. The average Bonchev–Trinajstić information content (AvgIpc) is 3.30. The number of ether oxygens (including phenoxy) is 1. The number of thiophene rings is 1. The predicted octanol–water partition coefficient (Wildman–Crippen LogP) is 3.15. The standard InChI is InChI=1S/C23H31N3O3S/c1-17(2)14-20(26-9-11-29-12-10-26)16-25-22(27)19-7-5-18(6-8-19)15-24-23(28)21-4-3-13-30-21/h3-8,13,17,20H,9-12,14-16H2,1-2H3,(H,24,28)(H,25,27). The number of carbonyl (C=O) groups is 2. The van der Waals surface area contributed by atoms with Crippen molar-refractivity contribution in [2.75, 3.05) is 32.8 Å². The summed E-state index contributed by atoms with van der Waals surface area (Å²) in [6, 6.07) is 11.4. The fourth-order valence-corrected chi connectivity index (χ4v) is 4.25. The van der Waals surface area contributed by atoms with Crippen molar-refractivity contribution < 1.29 is 14.3 Å². The third kappa shape index (κ3) is 6.65. The molecule has 3 rings (SSSR count). The van der Waals surface area contributed by atoms with Gasteiger partial charge < -0.3 is 15.4 Å². The lowest BCUT2D eigenvalue weighted by Crippen LogP contribution is -2.49. The van der Waals surface area contributed by atoms with Crippen molar-refractivity contribution in [1.82, 2.24) is 15.5 Å². The smallest absolute Gasteiger partial charge is 0.261 e. The molecule has 2 amide bonds. The van der Waals surface area contributed by atoms with E-state index in [2.05, 4.69) is 29.4 Å². The first kappa shape index (κ1) is 22.5. The first-order valence-electron chi connectivity index (χ1n) is 10.5. The van der Waals surface area contributed by atoms with E-state index in [-0.39, 0.29) is 11.8 Å². The summed E-state index contributed by atoms with van der Waals surface area (Å²) in [7, 11) is 0. The molecule has 1 aliphatic heterocycles. The number of benzene rings is 1. The van der Waals surface area contributed by atoms with Crippen LogP contribution in [0.5, 0.6) is 0 Å². The Kier molecular flexibility index (Phi) is 8.42. The molecule has 1 fully saturated rings. The highest BCUT2D eigenvalue weighted by Crippen LogP contribution is 2.14. The van der Waals surface area contributed by atoms with E-state index in [1.807, 2.05) is 35.7 Å². The van der Waals surface area contributed by atoms with Crippen LogP contribution >= 0.6 is 11.3 Å². The summed E-state index contributed by atoms with van der Waals surface area (Å²) in [5, 5.41) is 7.88. The maximum atomic E-state index is 12.6. The summed E-state index contributed by atoms with van der Waals surface area (Å²) in [5.74, 6) is 0.427. The van der Waals surface area contributed by atoms with Gasteiger partial charge in [0.25, 0.3) is 11.8 Å². The molecule has 0 aliphatic carbocycles. The van der Waals surface area contributed by atoms with Crippen LogP contribution in [0, 0.1) is 5.92 Å². The Labute approximate surface area is 182 Å². The number of morpholine rings is 1. The van der Waals surface area contributed by atoms with Crippen LogP contribution in [0.2, 0.25) is 0 Å². The summed E-state index contributed by atoms with van der Waals surface area (Å²) in [6.45, 7) is 8.84. The molecule has 0 spiro atoms. The second kappa shape index (κ2) is 11.2. The van der Waals surface area contributed by atoms with Crippen molar-refractivity contribution in [3.8, 4) is 0 Å². The zero-order valence-corrected chi connectivity index (χ0v) is 18.5. The molecule has 1 unspecified atom stereocenters. The number of hydrogen-bond acceptors (Lipinski definition) is 5. The van der Waals surface area contributed by atoms with Crippen LogP contribution in [0.3, 0.4) is 0 Å². The first-order valence-corrected chi connectivity index (χ1v) is 11.4. The minimum absolute atomic E-state index is 0.0637. The molecule has 1 atom stereocenters. The van der Waals surface area contributed by atoms with E-state index in [1.165, 1.54) is 11.3 Å². The second-order valence-corrected chi connectivity index (χ2v) is 8.95. The molecule has 2 aromatic rings.